The van der Waals surface area contributed by atoms with Crippen LogP contribution in [0.1, 0.15) is 11.1 Å². The number of nitrogens with zero attached hydrogens (tertiary/aromatic N) is 2. The van der Waals surface area contributed by atoms with Crippen LogP contribution in [-0.2, 0) is 6.42 Å². The van der Waals surface area contributed by atoms with Crippen molar-refractivity contribution in [1.82, 2.24) is 9.97 Å². The standard InChI is InChI=1S/C14H17FN4/c1-10-7-12(15)4-3-11(10)5-6-18-14-9-17-8-13(16-2)19-14/h3-4,7-9H,5-6H2,1-2H3,(H2,16,18,19). The summed E-state index contributed by atoms with van der Waals surface area (Å²) in [5, 5.41) is 6.14. The van der Waals surface area contributed by atoms with E-state index in [9.17, 15) is 4.39 Å². The molecule has 1 aromatic carbocycles. The Morgan fingerprint density at radius 2 is 2.00 bits per heavy atom. The molecule has 2 N–H and O–H groups in total. The van der Waals surface area contributed by atoms with E-state index in [-0.39, 0.29) is 5.82 Å². The maximum Gasteiger partial charge on any atom is 0.146 e. The molecule has 0 amide bonds. The lowest BCUT2D eigenvalue weighted by atomic mass is 10.1. The summed E-state index contributed by atoms with van der Waals surface area (Å²) in [6, 6.07) is 4.86. The number of rotatable bonds is 5. The molecule has 19 heavy (non-hydrogen) atoms. The highest BCUT2D eigenvalue weighted by Gasteiger charge is 2.01. The summed E-state index contributed by atoms with van der Waals surface area (Å²) in [7, 11) is 1.80. The molecule has 2 rings (SSSR count). The van der Waals surface area contributed by atoms with E-state index in [0.717, 1.165) is 35.7 Å². The molecule has 1 heterocycles. The van der Waals surface area contributed by atoms with Crippen molar-refractivity contribution >= 4 is 11.6 Å². The number of halogens is 1. The topological polar surface area (TPSA) is 49.8 Å². The minimum absolute atomic E-state index is 0.193. The first-order valence-corrected chi connectivity index (χ1v) is 6.18. The summed E-state index contributed by atoms with van der Waals surface area (Å²) in [6.45, 7) is 2.65. The summed E-state index contributed by atoms with van der Waals surface area (Å²) < 4.78 is 13.0. The van der Waals surface area contributed by atoms with Crippen molar-refractivity contribution in [2.24, 2.45) is 0 Å². The first-order chi connectivity index (χ1) is 9.19. The van der Waals surface area contributed by atoms with Crippen LogP contribution in [0.15, 0.2) is 30.6 Å². The van der Waals surface area contributed by atoms with Gasteiger partial charge in [0.1, 0.15) is 17.5 Å². The lowest BCUT2D eigenvalue weighted by molar-refractivity contribution is 0.625. The van der Waals surface area contributed by atoms with Gasteiger partial charge in [-0.25, -0.2) is 9.37 Å². The maximum absolute atomic E-state index is 13.0. The lowest BCUT2D eigenvalue weighted by Crippen LogP contribution is -2.08. The van der Waals surface area contributed by atoms with Crippen LogP contribution in [0, 0.1) is 12.7 Å². The van der Waals surface area contributed by atoms with Crippen molar-refractivity contribution in [3.63, 3.8) is 0 Å². The number of hydrogen-bond donors (Lipinski definition) is 2. The van der Waals surface area contributed by atoms with Gasteiger partial charge in [0.05, 0.1) is 12.4 Å². The van der Waals surface area contributed by atoms with Crippen LogP contribution in [0.5, 0.6) is 0 Å². The second-order valence-corrected chi connectivity index (χ2v) is 4.29. The summed E-state index contributed by atoms with van der Waals surface area (Å²) in [6.07, 6.45) is 4.16. The van der Waals surface area contributed by atoms with E-state index in [4.69, 9.17) is 0 Å². The minimum atomic E-state index is -0.193. The Kier molecular flexibility index (Phi) is 4.28. The van der Waals surface area contributed by atoms with Gasteiger partial charge >= 0.3 is 0 Å². The second-order valence-electron chi connectivity index (χ2n) is 4.29. The number of anilines is 2. The van der Waals surface area contributed by atoms with E-state index in [1.54, 1.807) is 25.5 Å². The van der Waals surface area contributed by atoms with E-state index >= 15 is 0 Å². The molecule has 0 atom stereocenters. The average Bonchev–Trinajstić information content (AvgIpc) is 2.41. The van der Waals surface area contributed by atoms with Gasteiger partial charge in [-0.2, -0.15) is 0 Å². The zero-order valence-corrected chi connectivity index (χ0v) is 11.1. The van der Waals surface area contributed by atoms with Crippen LogP contribution >= 0.6 is 0 Å². The number of aryl methyl sites for hydroxylation is 1. The first kappa shape index (κ1) is 13.3. The van der Waals surface area contributed by atoms with E-state index in [1.165, 1.54) is 6.07 Å². The van der Waals surface area contributed by atoms with Crippen LogP contribution in [-0.4, -0.2) is 23.6 Å². The Bertz CT molecular complexity index is 557. The molecule has 0 fully saturated rings. The Hall–Kier alpha value is -2.17. The van der Waals surface area contributed by atoms with Gasteiger partial charge < -0.3 is 10.6 Å². The SMILES string of the molecule is CNc1cncc(NCCc2ccc(F)cc2C)n1. The first-order valence-electron chi connectivity index (χ1n) is 6.18. The molecular formula is C14H17FN4. The van der Waals surface area contributed by atoms with Crippen LogP contribution < -0.4 is 10.6 Å². The molecule has 0 saturated carbocycles. The van der Waals surface area contributed by atoms with Crippen molar-refractivity contribution in [2.45, 2.75) is 13.3 Å². The van der Waals surface area contributed by atoms with Crippen molar-refractivity contribution in [2.75, 3.05) is 24.2 Å². The smallest absolute Gasteiger partial charge is 0.146 e. The summed E-state index contributed by atoms with van der Waals surface area (Å²) in [5.74, 6) is 1.26. The van der Waals surface area contributed by atoms with Gasteiger partial charge in [0.25, 0.3) is 0 Å². The van der Waals surface area contributed by atoms with E-state index in [0.29, 0.717) is 0 Å². The number of aromatic nitrogens is 2. The lowest BCUT2D eigenvalue weighted by Gasteiger charge is -2.08. The molecule has 0 bridgehead atoms. The van der Waals surface area contributed by atoms with E-state index in [2.05, 4.69) is 20.6 Å². The molecular weight excluding hydrogens is 243 g/mol. The Labute approximate surface area is 112 Å². The Balaban J connectivity index is 1.92. The normalized spacial score (nSPS) is 10.3. The largest absolute Gasteiger partial charge is 0.372 e. The molecule has 0 aliphatic heterocycles. The zero-order valence-electron chi connectivity index (χ0n) is 11.1. The third kappa shape index (κ3) is 3.64. The second kappa shape index (κ2) is 6.13. The molecule has 0 radical (unpaired) electrons. The molecule has 0 spiro atoms. The van der Waals surface area contributed by atoms with Crippen molar-refractivity contribution in [1.29, 1.82) is 0 Å². The minimum Gasteiger partial charge on any atom is -0.372 e. The highest BCUT2D eigenvalue weighted by atomic mass is 19.1. The predicted molar refractivity (Wildman–Crippen MR) is 74.9 cm³/mol. The zero-order chi connectivity index (χ0) is 13.7. The maximum atomic E-state index is 13.0. The molecule has 4 nitrogen and oxygen atoms in total. The third-order valence-electron chi connectivity index (χ3n) is 2.90. The molecule has 2 aromatic rings. The van der Waals surface area contributed by atoms with Crippen molar-refractivity contribution < 1.29 is 4.39 Å². The molecule has 100 valence electrons. The van der Waals surface area contributed by atoms with E-state index < -0.39 is 0 Å². The van der Waals surface area contributed by atoms with Gasteiger partial charge in [-0.15, -0.1) is 0 Å². The van der Waals surface area contributed by atoms with Crippen LogP contribution in [0.3, 0.4) is 0 Å². The molecule has 0 aliphatic rings. The number of nitrogens with one attached hydrogen (secondary N) is 2. The third-order valence-corrected chi connectivity index (χ3v) is 2.90. The van der Waals surface area contributed by atoms with Gasteiger partial charge in [-0.3, -0.25) is 4.98 Å². The van der Waals surface area contributed by atoms with Gasteiger partial charge in [0.15, 0.2) is 0 Å². The van der Waals surface area contributed by atoms with Crippen molar-refractivity contribution in [3.05, 3.63) is 47.5 Å². The highest BCUT2D eigenvalue weighted by molar-refractivity contribution is 5.41. The quantitative estimate of drug-likeness (QED) is 0.867. The van der Waals surface area contributed by atoms with Crippen LogP contribution in [0.25, 0.3) is 0 Å². The Morgan fingerprint density at radius 3 is 2.74 bits per heavy atom. The highest BCUT2D eigenvalue weighted by Crippen LogP contribution is 2.11. The molecule has 0 saturated heterocycles. The number of hydrogen-bond acceptors (Lipinski definition) is 4. The van der Waals surface area contributed by atoms with E-state index in [1.807, 2.05) is 13.0 Å². The van der Waals surface area contributed by atoms with Gasteiger partial charge in [0.2, 0.25) is 0 Å². The molecule has 5 heteroatoms. The fraction of sp³-hybridized carbons (Fsp3) is 0.286. The summed E-state index contributed by atoms with van der Waals surface area (Å²) >= 11 is 0. The van der Waals surface area contributed by atoms with Crippen LogP contribution in [0.2, 0.25) is 0 Å². The summed E-state index contributed by atoms with van der Waals surface area (Å²) in [5.41, 5.74) is 2.10. The molecule has 0 aliphatic carbocycles. The fourth-order valence-electron chi connectivity index (χ4n) is 1.84. The van der Waals surface area contributed by atoms with Crippen LogP contribution in [0.4, 0.5) is 16.0 Å². The molecule has 0 unspecified atom stereocenters. The monoisotopic (exact) mass is 260 g/mol. The van der Waals surface area contributed by atoms with Crippen molar-refractivity contribution in [3.8, 4) is 0 Å². The predicted octanol–water partition coefficient (Wildman–Crippen LogP) is 2.62. The Morgan fingerprint density at radius 1 is 1.21 bits per heavy atom. The number of benzene rings is 1. The molecule has 1 aromatic heterocycles. The summed E-state index contributed by atoms with van der Waals surface area (Å²) in [4.78, 5) is 8.39. The van der Waals surface area contributed by atoms with Gasteiger partial charge in [-0.05, 0) is 36.6 Å². The average molecular weight is 260 g/mol. The fourth-order valence-corrected chi connectivity index (χ4v) is 1.84. The van der Waals surface area contributed by atoms with Gasteiger partial charge in [0, 0.05) is 13.6 Å². The van der Waals surface area contributed by atoms with Gasteiger partial charge in [-0.1, -0.05) is 6.07 Å².